The molecule has 1 fully saturated rings. The molecule has 1 aliphatic carbocycles. The van der Waals surface area contributed by atoms with E-state index in [1.165, 1.54) is 18.5 Å². The lowest BCUT2D eigenvalue weighted by Gasteiger charge is -2.38. The maximum absolute atomic E-state index is 14.9. The van der Waals surface area contributed by atoms with Crippen LogP contribution in [0.25, 0.3) is 11.3 Å². The molecule has 1 aromatic carbocycles. The lowest BCUT2D eigenvalue weighted by atomic mass is 9.75. The maximum atomic E-state index is 14.9. The first-order valence-electron chi connectivity index (χ1n) is 13.8. The summed E-state index contributed by atoms with van der Waals surface area (Å²) in [6.45, 7) is 7.67. The molecule has 1 spiro atoms. The molecular formula is C30H31F2N7O3. The number of carbonyl (C=O) groups excluding carboxylic acids is 2. The molecule has 4 aromatic rings. The molecule has 6 rings (SSSR count). The number of carbonyl (C=O) groups is 2. The summed E-state index contributed by atoms with van der Waals surface area (Å²) in [5, 5.41) is 17.2. The van der Waals surface area contributed by atoms with Gasteiger partial charge in [0.05, 0.1) is 29.9 Å². The van der Waals surface area contributed by atoms with Gasteiger partial charge < -0.3 is 15.4 Å². The number of aromatic amines is 1. The van der Waals surface area contributed by atoms with Crippen LogP contribution in [0.5, 0.6) is 5.75 Å². The van der Waals surface area contributed by atoms with Gasteiger partial charge in [-0.05, 0) is 64.8 Å². The number of amides is 2. The van der Waals surface area contributed by atoms with Gasteiger partial charge in [-0.1, -0.05) is 6.07 Å². The average molecular weight is 576 g/mol. The maximum Gasteiger partial charge on any atom is 0.270 e. The molecule has 42 heavy (non-hydrogen) atoms. The van der Waals surface area contributed by atoms with Crippen molar-refractivity contribution >= 4 is 17.5 Å². The Labute approximate surface area is 240 Å². The summed E-state index contributed by atoms with van der Waals surface area (Å²) in [7, 11) is 0. The van der Waals surface area contributed by atoms with Crippen LogP contribution in [0.2, 0.25) is 0 Å². The number of nitrogens with one attached hydrogen (secondary N) is 3. The Morgan fingerprint density at radius 3 is 2.57 bits per heavy atom. The van der Waals surface area contributed by atoms with Gasteiger partial charge in [0.15, 0.2) is 11.6 Å². The van der Waals surface area contributed by atoms with Gasteiger partial charge in [0, 0.05) is 40.4 Å². The Morgan fingerprint density at radius 2 is 1.93 bits per heavy atom. The van der Waals surface area contributed by atoms with E-state index in [0.29, 0.717) is 29.8 Å². The molecule has 1 unspecified atom stereocenters. The monoisotopic (exact) mass is 575 g/mol. The minimum atomic E-state index is -1.14. The summed E-state index contributed by atoms with van der Waals surface area (Å²) in [5.74, 6) is -4.07. The Balaban J connectivity index is 1.36. The molecule has 3 aromatic heterocycles. The highest BCUT2D eigenvalue weighted by Crippen LogP contribution is 2.61. The van der Waals surface area contributed by atoms with Crippen LogP contribution < -0.4 is 15.4 Å². The number of pyridine rings is 1. The Bertz CT molecular complexity index is 1660. The normalized spacial score (nSPS) is 17.5. The average Bonchev–Trinajstić information content (AvgIpc) is 3.39. The molecule has 2 atom stereocenters. The first-order chi connectivity index (χ1) is 20.1. The minimum Gasteiger partial charge on any atom is -0.489 e. The van der Waals surface area contributed by atoms with Crippen LogP contribution in [0.1, 0.15) is 66.1 Å². The van der Waals surface area contributed by atoms with E-state index in [1.54, 1.807) is 22.9 Å². The van der Waals surface area contributed by atoms with Crippen molar-refractivity contribution in [1.82, 2.24) is 30.3 Å². The molecule has 2 aliphatic rings. The first kappa shape index (κ1) is 27.6. The van der Waals surface area contributed by atoms with E-state index in [0.717, 1.165) is 23.0 Å². The fourth-order valence-electron chi connectivity index (χ4n) is 5.91. The van der Waals surface area contributed by atoms with Crippen LogP contribution >= 0.6 is 0 Å². The Hall–Kier alpha value is -4.61. The van der Waals surface area contributed by atoms with Crippen LogP contribution in [-0.2, 0) is 4.79 Å². The second-order valence-electron chi connectivity index (χ2n) is 11.3. The van der Waals surface area contributed by atoms with E-state index in [2.05, 4.69) is 30.9 Å². The van der Waals surface area contributed by atoms with Gasteiger partial charge in [0.25, 0.3) is 5.91 Å². The van der Waals surface area contributed by atoms with Crippen LogP contribution in [0.3, 0.4) is 0 Å². The summed E-state index contributed by atoms with van der Waals surface area (Å²) in [4.78, 5) is 32.2. The lowest BCUT2D eigenvalue weighted by molar-refractivity contribution is -0.119. The number of anilines is 1. The minimum absolute atomic E-state index is 0.101. The molecule has 2 amide bonds. The number of aryl methyl sites for hydroxylation is 2. The van der Waals surface area contributed by atoms with E-state index in [4.69, 9.17) is 4.74 Å². The number of nitrogens with zero attached hydrogens (tertiary/aromatic N) is 4. The number of halogens is 2. The van der Waals surface area contributed by atoms with Crippen LogP contribution in [0.4, 0.5) is 14.5 Å². The van der Waals surface area contributed by atoms with Crippen molar-refractivity contribution in [3.63, 3.8) is 0 Å². The third-order valence-electron chi connectivity index (χ3n) is 8.18. The molecule has 1 aliphatic heterocycles. The lowest BCUT2D eigenvalue weighted by Crippen LogP contribution is -2.52. The highest BCUT2D eigenvalue weighted by Gasteiger charge is 2.58. The molecule has 1 saturated carbocycles. The van der Waals surface area contributed by atoms with Crippen molar-refractivity contribution in [2.24, 2.45) is 5.41 Å². The number of H-pyrrole nitrogens is 1. The zero-order chi connectivity index (χ0) is 29.8. The third kappa shape index (κ3) is 4.70. The van der Waals surface area contributed by atoms with E-state index in [-0.39, 0.29) is 24.1 Å². The SMILES string of the molecule is Cc1n[nH]c(C)c1-c1ccc(NC(=O)[C@@H](NC(=O)c2ccnn2C(C)C)C2c3ccc(F)c(F)c3OCC23CC3)cn1. The predicted molar refractivity (Wildman–Crippen MR) is 150 cm³/mol. The van der Waals surface area contributed by atoms with Gasteiger partial charge in [-0.15, -0.1) is 0 Å². The summed E-state index contributed by atoms with van der Waals surface area (Å²) in [5.41, 5.74) is 3.77. The van der Waals surface area contributed by atoms with Gasteiger partial charge >= 0.3 is 0 Å². The summed E-state index contributed by atoms with van der Waals surface area (Å²) < 4.78 is 36.3. The van der Waals surface area contributed by atoms with Gasteiger partial charge in [-0.3, -0.25) is 24.4 Å². The van der Waals surface area contributed by atoms with Gasteiger partial charge in [-0.2, -0.15) is 14.6 Å². The number of rotatable bonds is 7. The number of ether oxygens (including phenoxy) is 1. The predicted octanol–water partition coefficient (Wildman–Crippen LogP) is 4.84. The number of benzene rings is 1. The molecule has 3 N–H and O–H groups in total. The highest BCUT2D eigenvalue weighted by atomic mass is 19.2. The summed E-state index contributed by atoms with van der Waals surface area (Å²) in [6.07, 6.45) is 4.47. The van der Waals surface area contributed by atoms with E-state index < -0.39 is 40.8 Å². The number of aromatic nitrogens is 5. The molecule has 12 heteroatoms. The van der Waals surface area contributed by atoms with Crippen molar-refractivity contribution in [3.05, 3.63) is 77.0 Å². The zero-order valence-electron chi connectivity index (χ0n) is 23.7. The quantitative estimate of drug-likeness (QED) is 0.290. The van der Waals surface area contributed by atoms with Crippen LogP contribution in [-0.4, -0.2) is 49.4 Å². The van der Waals surface area contributed by atoms with Crippen LogP contribution in [0, 0.1) is 30.9 Å². The second kappa shape index (κ2) is 10.3. The van der Waals surface area contributed by atoms with Crippen molar-refractivity contribution in [2.75, 3.05) is 11.9 Å². The number of fused-ring (bicyclic) bond motifs is 1. The van der Waals surface area contributed by atoms with E-state index >= 15 is 0 Å². The summed E-state index contributed by atoms with van der Waals surface area (Å²) in [6, 6.07) is 6.30. The molecule has 0 saturated heterocycles. The van der Waals surface area contributed by atoms with Gasteiger partial charge in [0.2, 0.25) is 11.7 Å². The largest absolute Gasteiger partial charge is 0.489 e. The fourth-order valence-corrected chi connectivity index (χ4v) is 5.91. The highest BCUT2D eigenvalue weighted by molar-refractivity contribution is 6.01. The Morgan fingerprint density at radius 1 is 1.14 bits per heavy atom. The first-order valence-corrected chi connectivity index (χ1v) is 13.8. The smallest absolute Gasteiger partial charge is 0.270 e. The van der Waals surface area contributed by atoms with Gasteiger partial charge in [-0.25, -0.2) is 4.39 Å². The summed E-state index contributed by atoms with van der Waals surface area (Å²) >= 11 is 0. The topological polar surface area (TPSA) is 127 Å². The fraction of sp³-hybridized carbons (Fsp3) is 0.367. The number of hydrogen-bond donors (Lipinski definition) is 3. The van der Waals surface area contributed by atoms with Gasteiger partial charge in [0.1, 0.15) is 11.7 Å². The van der Waals surface area contributed by atoms with Crippen molar-refractivity contribution in [1.29, 1.82) is 0 Å². The molecule has 4 heterocycles. The molecular weight excluding hydrogens is 544 g/mol. The number of hydrogen-bond acceptors (Lipinski definition) is 6. The molecule has 218 valence electrons. The third-order valence-corrected chi connectivity index (χ3v) is 8.18. The zero-order valence-corrected chi connectivity index (χ0v) is 23.7. The van der Waals surface area contributed by atoms with E-state index in [9.17, 15) is 18.4 Å². The van der Waals surface area contributed by atoms with Crippen molar-refractivity contribution in [2.45, 2.75) is 58.5 Å². The van der Waals surface area contributed by atoms with Crippen LogP contribution in [0.15, 0.2) is 42.7 Å². The standard InChI is InChI=1S/C30H31F2N7O3/c1-15(2)39-22(9-12-34-39)28(40)36-26(24-19-6-7-20(31)25(32)27(19)42-14-30(24)10-11-30)29(41)35-18-5-8-21(33-13-18)23-16(3)37-38-17(23)4/h5-9,12-13,15,24,26H,10-11,14H2,1-4H3,(H,35,41)(H,36,40)(H,37,38)/t24?,26-/m0/s1. The molecule has 10 nitrogen and oxygen atoms in total. The second-order valence-corrected chi connectivity index (χ2v) is 11.3. The molecule has 0 bridgehead atoms. The van der Waals surface area contributed by atoms with E-state index in [1.807, 2.05) is 27.7 Å². The Kier molecular flexibility index (Phi) is 6.78. The van der Waals surface area contributed by atoms with Crippen molar-refractivity contribution < 1.29 is 23.1 Å². The molecule has 0 radical (unpaired) electrons. The van der Waals surface area contributed by atoms with Crippen molar-refractivity contribution in [3.8, 4) is 17.0 Å².